The van der Waals surface area contributed by atoms with E-state index in [-0.39, 0.29) is 12.1 Å². The highest BCUT2D eigenvalue weighted by Crippen LogP contribution is 2.46. The molecule has 2 unspecified atom stereocenters. The fraction of sp³-hybridized carbons (Fsp3) is 0.552. The second kappa shape index (κ2) is 10.2. The maximum Gasteiger partial charge on any atom is 0.316 e. The number of ether oxygens (including phenoxy) is 1. The zero-order valence-corrected chi connectivity index (χ0v) is 20.3. The van der Waals surface area contributed by atoms with Crippen molar-refractivity contribution in [3.8, 4) is 0 Å². The number of halogens is 1. The Kier molecular flexibility index (Phi) is 7.08. The smallest absolute Gasteiger partial charge is 0.316 e. The van der Waals surface area contributed by atoms with Gasteiger partial charge in [0.25, 0.3) is 0 Å². The number of carbonyl (C=O) groups excluding carboxylic acids is 1. The highest BCUT2D eigenvalue weighted by molar-refractivity contribution is 6.30. The van der Waals surface area contributed by atoms with Crippen LogP contribution in [0.2, 0.25) is 5.02 Å². The summed E-state index contributed by atoms with van der Waals surface area (Å²) in [6.45, 7) is 3.30. The van der Waals surface area contributed by atoms with Crippen LogP contribution in [0, 0.1) is 11.8 Å². The van der Waals surface area contributed by atoms with E-state index in [1.54, 1.807) is 0 Å². The molecule has 2 saturated carbocycles. The number of carbonyl (C=O) groups is 1. The van der Waals surface area contributed by atoms with E-state index in [0.29, 0.717) is 11.8 Å². The number of hydrogen-bond acceptors (Lipinski definition) is 3. The van der Waals surface area contributed by atoms with Gasteiger partial charge in [-0.2, -0.15) is 0 Å². The molecule has 1 aliphatic heterocycles. The Bertz CT molecular complexity index is 938. The molecule has 0 bridgehead atoms. The molecule has 33 heavy (non-hydrogen) atoms. The predicted octanol–water partition coefficient (Wildman–Crippen LogP) is 6.43. The second-order valence-electron chi connectivity index (χ2n) is 10.4. The van der Waals surface area contributed by atoms with Gasteiger partial charge in [0, 0.05) is 24.0 Å². The van der Waals surface area contributed by atoms with Crippen molar-refractivity contribution in [3.05, 3.63) is 70.7 Å². The van der Waals surface area contributed by atoms with Crippen molar-refractivity contribution in [2.75, 3.05) is 19.6 Å². The fourth-order valence-corrected chi connectivity index (χ4v) is 6.62. The third kappa shape index (κ3) is 5.00. The molecule has 0 N–H and O–H groups in total. The summed E-state index contributed by atoms with van der Waals surface area (Å²) in [6, 6.07) is 18.6. The lowest BCUT2D eigenvalue weighted by molar-refractivity contribution is -0.176. The molecule has 0 amide bonds. The van der Waals surface area contributed by atoms with Crippen LogP contribution in [0.25, 0.3) is 0 Å². The summed E-state index contributed by atoms with van der Waals surface area (Å²) in [5.74, 6) is 1.25. The number of benzene rings is 2. The lowest BCUT2D eigenvalue weighted by atomic mass is 9.66. The molecule has 3 fully saturated rings. The van der Waals surface area contributed by atoms with E-state index >= 15 is 0 Å². The van der Waals surface area contributed by atoms with Gasteiger partial charge in [-0.25, -0.2) is 0 Å². The molecule has 3 nitrogen and oxygen atoms in total. The number of likely N-dealkylation sites (tertiary alicyclic amines) is 1. The maximum absolute atomic E-state index is 13.7. The van der Waals surface area contributed by atoms with Gasteiger partial charge in [0.1, 0.15) is 6.10 Å². The molecule has 5 rings (SSSR count). The first-order chi connectivity index (χ1) is 16.1. The van der Waals surface area contributed by atoms with Crippen LogP contribution in [0.4, 0.5) is 0 Å². The third-order valence-corrected chi connectivity index (χ3v) is 8.66. The average molecular weight is 466 g/mol. The van der Waals surface area contributed by atoms with Crippen molar-refractivity contribution in [1.29, 1.82) is 0 Å². The van der Waals surface area contributed by atoms with E-state index < -0.39 is 5.41 Å². The average Bonchev–Trinajstić information content (AvgIpc) is 3.09. The number of hydrogen-bond donors (Lipinski definition) is 0. The topological polar surface area (TPSA) is 29.5 Å². The van der Waals surface area contributed by atoms with Gasteiger partial charge < -0.3 is 9.64 Å². The maximum atomic E-state index is 13.7. The highest BCUT2D eigenvalue weighted by Gasteiger charge is 2.49. The van der Waals surface area contributed by atoms with Gasteiger partial charge >= 0.3 is 5.97 Å². The van der Waals surface area contributed by atoms with Crippen molar-refractivity contribution in [2.24, 2.45) is 11.8 Å². The van der Waals surface area contributed by atoms with E-state index in [4.69, 9.17) is 16.3 Å². The van der Waals surface area contributed by atoms with Crippen molar-refractivity contribution < 1.29 is 9.53 Å². The van der Waals surface area contributed by atoms with E-state index in [1.165, 1.54) is 18.4 Å². The van der Waals surface area contributed by atoms with Gasteiger partial charge in [-0.05, 0) is 67.8 Å². The zero-order valence-electron chi connectivity index (χ0n) is 19.6. The van der Waals surface area contributed by atoms with Crippen molar-refractivity contribution in [3.63, 3.8) is 0 Å². The van der Waals surface area contributed by atoms with E-state index in [1.807, 2.05) is 18.2 Å². The summed E-state index contributed by atoms with van der Waals surface area (Å²) in [5.41, 5.74) is 2.02. The summed E-state index contributed by atoms with van der Waals surface area (Å²) >= 11 is 6.13. The zero-order chi connectivity index (χ0) is 22.7. The SMILES string of the molecule is O=C(O[C@H]1CC2CN(CCc3cccc(Cl)c3)CCC21)C1(c2ccccc2)CCCCCC1. The summed E-state index contributed by atoms with van der Waals surface area (Å²) in [4.78, 5) is 16.2. The van der Waals surface area contributed by atoms with Crippen molar-refractivity contribution >= 4 is 17.6 Å². The van der Waals surface area contributed by atoms with Crippen molar-refractivity contribution in [1.82, 2.24) is 4.90 Å². The Balaban J connectivity index is 1.17. The van der Waals surface area contributed by atoms with Crippen LogP contribution >= 0.6 is 11.6 Å². The molecule has 2 aromatic rings. The summed E-state index contributed by atoms with van der Waals surface area (Å²) in [6.07, 6.45) is 9.83. The molecule has 1 heterocycles. The molecule has 0 spiro atoms. The van der Waals surface area contributed by atoms with Gasteiger partial charge in [-0.3, -0.25) is 4.79 Å². The largest absolute Gasteiger partial charge is 0.461 e. The molecule has 0 radical (unpaired) electrons. The molecule has 4 heteroatoms. The molecule has 176 valence electrons. The Hall–Kier alpha value is -1.84. The number of nitrogens with zero attached hydrogens (tertiary/aromatic N) is 1. The fourth-order valence-electron chi connectivity index (χ4n) is 6.41. The molecule has 3 atom stereocenters. The monoisotopic (exact) mass is 465 g/mol. The molecule has 2 aromatic carbocycles. The minimum atomic E-state index is -0.444. The van der Waals surface area contributed by atoms with Crippen LogP contribution in [0.5, 0.6) is 0 Å². The minimum Gasteiger partial charge on any atom is -0.461 e. The van der Waals surface area contributed by atoms with Crippen molar-refractivity contribution in [2.45, 2.75) is 69.3 Å². The second-order valence-corrected chi connectivity index (χ2v) is 10.9. The Morgan fingerprint density at radius 1 is 1.03 bits per heavy atom. The predicted molar refractivity (Wildman–Crippen MR) is 134 cm³/mol. The lowest BCUT2D eigenvalue weighted by Gasteiger charge is -2.51. The summed E-state index contributed by atoms with van der Waals surface area (Å²) < 4.78 is 6.31. The van der Waals surface area contributed by atoms with Gasteiger partial charge in [-0.15, -0.1) is 0 Å². The first kappa shape index (κ1) is 22.9. The molecule has 1 saturated heterocycles. The van der Waals surface area contributed by atoms with Crippen LogP contribution in [-0.2, 0) is 21.4 Å². The number of fused-ring (bicyclic) bond motifs is 1. The Morgan fingerprint density at radius 2 is 1.82 bits per heavy atom. The van der Waals surface area contributed by atoms with E-state index in [9.17, 15) is 4.79 Å². The molecule has 3 aliphatic rings. The normalized spacial score (nSPS) is 27.1. The van der Waals surface area contributed by atoms with Crippen LogP contribution in [-0.4, -0.2) is 36.6 Å². The van der Waals surface area contributed by atoms with Gasteiger partial charge in [0.05, 0.1) is 5.41 Å². The molecule has 2 aliphatic carbocycles. The quantitative estimate of drug-likeness (QED) is 0.363. The van der Waals surface area contributed by atoms with Gasteiger partial charge in [0.2, 0.25) is 0 Å². The Labute approximate surface area is 203 Å². The lowest BCUT2D eigenvalue weighted by Crippen LogP contribution is -2.55. The summed E-state index contributed by atoms with van der Waals surface area (Å²) in [7, 11) is 0. The van der Waals surface area contributed by atoms with Crippen LogP contribution < -0.4 is 0 Å². The van der Waals surface area contributed by atoms with E-state index in [0.717, 1.165) is 75.2 Å². The van der Waals surface area contributed by atoms with Crippen LogP contribution in [0.3, 0.4) is 0 Å². The van der Waals surface area contributed by atoms with E-state index in [2.05, 4.69) is 41.3 Å². The number of esters is 1. The first-order valence-corrected chi connectivity index (χ1v) is 13.3. The summed E-state index contributed by atoms with van der Waals surface area (Å²) in [5, 5.41) is 0.816. The standard InChI is InChI=1S/C29H36ClNO2/c30-25-12-8-9-22(19-25)13-17-31-18-14-26-23(21-31)20-27(26)33-28(32)29(15-6-1-2-7-16-29)24-10-4-3-5-11-24/h3-5,8-12,19,23,26-27H,1-2,6-7,13-18,20-21H2/t23?,26?,27-/m0/s1. The third-order valence-electron chi connectivity index (χ3n) is 8.43. The number of piperidine rings is 1. The van der Waals surface area contributed by atoms with Gasteiger partial charge in [0.15, 0.2) is 0 Å². The van der Waals surface area contributed by atoms with Gasteiger partial charge in [-0.1, -0.05) is 79.7 Å². The Morgan fingerprint density at radius 3 is 2.55 bits per heavy atom. The highest BCUT2D eigenvalue weighted by atomic mass is 35.5. The van der Waals surface area contributed by atoms with Crippen LogP contribution in [0.15, 0.2) is 54.6 Å². The molecule has 0 aromatic heterocycles. The molecular formula is C29H36ClNO2. The minimum absolute atomic E-state index is 0.0439. The molecular weight excluding hydrogens is 430 g/mol. The first-order valence-electron chi connectivity index (χ1n) is 12.9. The van der Waals surface area contributed by atoms with Crippen LogP contribution in [0.1, 0.15) is 62.5 Å². The number of rotatable bonds is 6.